The Morgan fingerprint density at radius 3 is 2.31 bits per heavy atom. The summed E-state index contributed by atoms with van der Waals surface area (Å²) in [5, 5.41) is 5.58. The molecule has 0 saturated heterocycles. The van der Waals surface area contributed by atoms with Crippen molar-refractivity contribution in [1.82, 2.24) is 5.32 Å². The van der Waals surface area contributed by atoms with Gasteiger partial charge in [-0.25, -0.2) is 0 Å². The van der Waals surface area contributed by atoms with E-state index in [2.05, 4.69) is 10.6 Å². The second-order valence-corrected chi connectivity index (χ2v) is 7.02. The number of rotatable bonds is 11. The van der Waals surface area contributed by atoms with Crippen LogP contribution in [0, 0.1) is 5.92 Å². The minimum Gasteiger partial charge on any atom is -0.490 e. The Balaban J connectivity index is 2.12. The van der Waals surface area contributed by atoms with E-state index in [0.717, 1.165) is 12.8 Å². The van der Waals surface area contributed by atoms with Gasteiger partial charge in [-0.05, 0) is 43.0 Å². The normalized spacial score (nSPS) is 11.8. The first-order chi connectivity index (χ1) is 14.0. The van der Waals surface area contributed by atoms with E-state index in [4.69, 9.17) is 13.9 Å². The smallest absolute Gasteiger partial charge is 0.287 e. The van der Waals surface area contributed by atoms with Crippen LogP contribution in [0.4, 0.5) is 5.69 Å². The number of carbonyl (C=O) groups is 2. The second-order valence-electron chi connectivity index (χ2n) is 7.02. The molecule has 0 aliphatic carbocycles. The molecule has 0 aliphatic heterocycles. The van der Waals surface area contributed by atoms with Crippen LogP contribution in [0.3, 0.4) is 0 Å². The Morgan fingerprint density at radius 1 is 1.03 bits per heavy atom. The summed E-state index contributed by atoms with van der Waals surface area (Å²) in [4.78, 5) is 25.1. The number of amides is 2. The number of carbonyl (C=O) groups excluding carboxylic acids is 2. The van der Waals surface area contributed by atoms with Gasteiger partial charge in [-0.2, -0.15) is 0 Å². The summed E-state index contributed by atoms with van der Waals surface area (Å²) in [6.07, 6.45) is 3.16. The molecule has 2 amide bonds. The maximum atomic E-state index is 12.8. The van der Waals surface area contributed by atoms with Crippen molar-refractivity contribution < 1.29 is 23.5 Å². The molecule has 1 atom stereocenters. The van der Waals surface area contributed by atoms with Crippen molar-refractivity contribution in [2.24, 2.45) is 5.92 Å². The molecular formula is C22H30N2O5. The fraction of sp³-hybridized carbons (Fsp3) is 0.455. The highest BCUT2D eigenvalue weighted by molar-refractivity contribution is 6.00. The summed E-state index contributed by atoms with van der Waals surface area (Å²) < 4.78 is 16.6. The maximum Gasteiger partial charge on any atom is 0.287 e. The summed E-state index contributed by atoms with van der Waals surface area (Å²) in [7, 11) is 0. The van der Waals surface area contributed by atoms with Crippen LogP contribution < -0.4 is 20.1 Å². The zero-order valence-electron chi connectivity index (χ0n) is 17.5. The minimum atomic E-state index is -0.719. The van der Waals surface area contributed by atoms with Crippen molar-refractivity contribution in [3.8, 4) is 11.5 Å². The quantitative estimate of drug-likeness (QED) is 0.586. The molecule has 158 valence electrons. The van der Waals surface area contributed by atoms with E-state index >= 15 is 0 Å². The van der Waals surface area contributed by atoms with Crippen LogP contribution in [0.15, 0.2) is 41.0 Å². The third kappa shape index (κ3) is 6.55. The van der Waals surface area contributed by atoms with E-state index in [1.54, 1.807) is 30.3 Å². The summed E-state index contributed by atoms with van der Waals surface area (Å²) in [5.74, 6) is 0.527. The van der Waals surface area contributed by atoms with E-state index in [9.17, 15) is 9.59 Å². The van der Waals surface area contributed by atoms with Gasteiger partial charge in [0.25, 0.3) is 5.91 Å². The van der Waals surface area contributed by atoms with Crippen LogP contribution in [0.1, 0.15) is 51.1 Å². The fourth-order valence-corrected chi connectivity index (χ4v) is 2.62. The van der Waals surface area contributed by atoms with Gasteiger partial charge in [0.15, 0.2) is 17.3 Å². The molecule has 0 radical (unpaired) electrons. The van der Waals surface area contributed by atoms with Crippen LogP contribution in [-0.4, -0.2) is 31.1 Å². The van der Waals surface area contributed by atoms with Gasteiger partial charge in [-0.15, -0.1) is 0 Å². The fourth-order valence-electron chi connectivity index (χ4n) is 2.62. The van der Waals surface area contributed by atoms with Gasteiger partial charge >= 0.3 is 0 Å². The molecule has 1 aromatic carbocycles. The molecule has 1 heterocycles. The molecule has 2 N–H and O–H groups in total. The number of anilines is 1. The average Bonchev–Trinajstić information content (AvgIpc) is 3.24. The highest BCUT2D eigenvalue weighted by Gasteiger charge is 2.26. The summed E-state index contributed by atoms with van der Waals surface area (Å²) in [5.41, 5.74) is 0.572. The Bertz CT molecular complexity index is 787. The van der Waals surface area contributed by atoms with Crippen LogP contribution in [0.5, 0.6) is 11.5 Å². The van der Waals surface area contributed by atoms with Gasteiger partial charge in [-0.1, -0.05) is 27.7 Å². The van der Waals surface area contributed by atoms with Crippen LogP contribution in [-0.2, 0) is 4.79 Å². The zero-order chi connectivity index (χ0) is 21.2. The molecule has 1 aromatic heterocycles. The predicted molar refractivity (Wildman–Crippen MR) is 111 cm³/mol. The third-order valence-electron chi connectivity index (χ3n) is 4.12. The average molecular weight is 402 g/mol. The molecule has 0 spiro atoms. The lowest BCUT2D eigenvalue weighted by atomic mass is 10.0. The third-order valence-corrected chi connectivity index (χ3v) is 4.12. The van der Waals surface area contributed by atoms with E-state index in [1.165, 1.54) is 6.26 Å². The number of hydrogen-bond donors (Lipinski definition) is 2. The second kappa shape index (κ2) is 11.1. The number of nitrogens with one attached hydrogen (secondary N) is 2. The molecule has 7 heteroatoms. The van der Waals surface area contributed by atoms with Crippen LogP contribution in [0.2, 0.25) is 0 Å². The van der Waals surface area contributed by atoms with Gasteiger partial charge in [0.05, 0.1) is 19.5 Å². The first kappa shape index (κ1) is 22.3. The number of ether oxygens (including phenoxy) is 2. The summed E-state index contributed by atoms with van der Waals surface area (Å²) in [6, 6.07) is 7.74. The summed E-state index contributed by atoms with van der Waals surface area (Å²) >= 11 is 0. The molecule has 0 aliphatic rings. The Labute approximate surface area is 171 Å². The Morgan fingerprint density at radius 2 is 1.72 bits per heavy atom. The minimum absolute atomic E-state index is 0.114. The van der Waals surface area contributed by atoms with Crippen LogP contribution in [0.25, 0.3) is 0 Å². The van der Waals surface area contributed by atoms with Crippen LogP contribution >= 0.6 is 0 Å². The molecule has 2 rings (SSSR count). The maximum absolute atomic E-state index is 12.8. The van der Waals surface area contributed by atoms with Gasteiger partial charge in [0.1, 0.15) is 6.04 Å². The zero-order valence-corrected chi connectivity index (χ0v) is 17.5. The topological polar surface area (TPSA) is 89.8 Å². The highest BCUT2D eigenvalue weighted by Crippen LogP contribution is 2.31. The van der Waals surface area contributed by atoms with Gasteiger partial charge in [0, 0.05) is 11.8 Å². The van der Waals surface area contributed by atoms with Gasteiger partial charge in [-0.3, -0.25) is 9.59 Å². The Kier molecular flexibility index (Phi) is 8.58. The lowest BCUT2D eigenvalue weighted by molar-refractivity contribution is -0.118. The van der Waals surface area contributed by atoms with Crippen molar-refractivity contribution in [3.05, 3.63) is 42.4 Å². The summed E-state index contributed by atoms with van der Waals surface area (Å²) in [6.45, 7) is 8.92. The van der Waals surface area contributed by atoms with Crippen molar-refractivity contribution in [3.63, 3.8) is 0 Å². The Hall–Kier alpha value is -2.96. The lowest BCUT2D eigenvalue weighted by Crippen LogP contribution is -2.47. The van der Waals surface area contributed by atoms with Crippen molar-refractivity contribution in [2.75, 3.05) is 18.5 Å². The standard InChI is InChI=1S/C22H30N2O5/c1-5-11-27-17-10-9-16(14-19(17)28-12-6-2)23-22(26)20(15(3)4)24-21(25)18-8-7-13-29-18/h7-10,13-15,20H,5-6,11-12H2,1-4H3,(H,23,26)(H,24,25). The molecule has 1 unspecified atom stereocenters. The largest absolute Gasteiger partial charge is 0.490 e. The van der Waals surface area contributed by atoms with E-state index in [-0.39, 0.29) is 17.6 Å². The molecule has 0 saturated carbocycles. The van der Waals surface area contributed by atoms with Crippen molar-refractivity contribution in [2.45, 2.75) is 46.6 Å². The van der Waals surface area contributed by atoms with Crippen molar-refractivity contribution in [1.29, 1.82) is 0 Å². The molecule has 0 fully saturated rings. The van der Waals surface area contributed by atoms with E-state index in [1.807, 2.05) is 27.7 Å². The van der Waals surface area contributed by atoms with Gasteiger partial charge in [0.2, 0.25) is 5.91 Å². The first-order valence-corrected chi connectivity index (χ1v) is 10.0. The number of benzene rings is 1. The first-order valence-electron chi connectivity index (χ1n) is 10.0. The number of hydrogen-bond acceptors (Lipinski definition) is 5. The number of furan rings is 1. The van der Waals surface area contributed by atoms with Gasteiger partial charge < -0.3 is 24.5 Å². The molecule has 2 aromatic rings. The molecule has 29 heavy (non-hydrogen) atoms. The predicted octanol–water partition coefficient (Wildman–Crippen LogP) is 4.25. The monoisotopic (exact) mass is 402 g/mol. The molecular weight excluding hydrogens is 372 g/mol. The van der Waals surface area contributed by atoms with E-state index < -0.39 is 11.9 Å². The van der Waals surface area contributed by atoms with E-state index in [0.29, 0.717) is 30.4 Å². The molecule has 7 nitrogen and oxygen atoms in total. The van der Waals surface area contributed by atoms with Crippen molar-refractivity contribution >= 4 is 17.5 Å². The SMILES string of the molecule is CCCOc1ccc(NC(=O)C(NC(=O)c2ccco2)C(C)C)cc1OCCC. The lowest BCUT2D eigenvalue weighted by Gasteiger charge is -2.21. The molecule has 0 bridgehead atoms. The highest BCUT2D eigenvalue weighted by atomic mass is 16.5.